The SMILES string of the molecule is C=CCCOc1cc(C)ccc1C(C)=O. The van der Waals surface area contributed by atoms with Crippen LogP contribution in [0.4, 0.5) is 0 Å². The van der Waals surface area contributed by atoms with Crippen molar-refractivity contribution in [3.8, 4) is 5.75 Å². The van der Waals surface area contributed by atoms with Crippen molar-refractivity contribution in [1.29, 1.82) is 0 Å². The number of ketones is 1. The monoisotopic (exact) mass is 204 g/mol. The molecular formula is C13H16O2. The van der Waals surface area contributed by atoms with Gasteiger partial charge in [0, 0.05) is 0 Å². The second-order valence-electron chi connectivity index (χ2n) is 3.48. The number of benzene rings is 1. The van der Waals surface area contributed by atoms with E-state index in [-0.39, 0.29) is 5.78 Å². The van der Waals surface area contributed by atoms with Crippen molar-refractivity contribution in [3.05, 3.63) is 42.0 Å². The first-order valence-electron chi connectivity index (χ1n) is 5.00. The molecule has 0 spiro atoms. The summed E-state index contributed by atoms with van der Waals surface area (Å²) in [5.41, 5.74) is 1.73. The third-order valence-corrected chi connectivity index (χ3v) is 2.10. The molecule has 0 radical (unpaired) electrons. The fraction of sp³-hybridized carbons (Fsp3) is 0.308. The molecule has 0 heterocycles. The van der Waals surface area contributed by atoms with Gasteiger partial charge in [-0.15, -0.1) is 6.58 Å². The number of aryl methyl sites for hydroxylation is 1. The van der Waals surface area contributed by atoms with E-state index in [4.69, 9.17) is 4.74 Å². The Kier molecular flexibility index (Phi) is 4.10. The topological polar surface area (TPSA) is 26.3 Å². The normalized spacial score (nSPS) is 9.73. The minimum Gasteiger partial charge on any atom is -0.493 e. The highest BCUT2D eigenvalue weighted by molar-refractivity contribution is 5.96. The van der Waals surface area contributed by atoms with Gasteiger partial charge < -0.3 is 4.74 Å². The summed E-state index contributed by atoms with van der Waals surface area (Å²) in [5, 5.41) is 0. The van der Waals surface area contributed by atoms with Crippen LogP contribution in [-0.4, -0.2) is 12.4 Å². The molecule has 0 aliphatic rings. The van der Waals surface area contributed by atoms with E-state index in [2.05, 4.69) is 6.58 Å². The molecule has 0 N–H and O–H groups in total. The second kappa shape index (κ2) is 5.35. The molecule has 0 aliphatic carbocycles. The van der Waals surface area contributed by atoms with Crippen molar-refractivity contribution < 1.29 is 9.53 Å². The maximum Gasteiger partial charge on any atom is 0.163 e. The Labute approximate surface area is 90.6 Å². The van der Waals surface area contributed by atoms with Crippen LogP contribution < -0.4 is 4.74 Å². The molecule has 0 atom stereocenters. The molecule has 0 bridgehead atoms. The van der Waals surface area contributed by atoms with Gasteiger partial charge in [-0.3, -0.25) is 4.79 Å². The van der Waals surface area contributed by atoms with Crippen LogP contribution in [0.15, 0.2) is 30.9 Å². The van der Waals surface area contributed by atoms with E-state index >= 15 is 0 Å². The van der Waals surface area contributed by atoms with Crippen molar-refractivity contribution in [3.63, 3.8) is 0 Å². The van der Waals surface area contributed by atoms with Crippen molar-refractivity contribution in [2.45, 2.75) is 20.3 Å². The van der Waals surface area contributed by atoms with E-state index in [0.29, 0.717) is 17.9 Å². The smallest absolute Gasteiger partial charge is 0.163 e. The van der Waals surface area contributed by atoms with Crippen molar-refractivity contribution in [1.82, 2.24) is 0 Å². The van der Waals surface area contributed by atoms with E-state index in [1.165, 1.54) is 0 Å². The molecule has 0 aromatic heterocycles. The largest absolute Gasteiger partial charge is 0.493 e. The molecule has 1 aromatic carbocycles. The van der Waals surface area contributed by atoms with Crippen LogP contribution in [0.2, 0.25) is 0 Å². The predicted molar refractivity (Wildman–Crippen MR) is 61.5 cm³/mol. The molecule has 0 fully saturated rings. The summed E-state index contributed by atoms with van der Waals surface area (Å²) in [4.78, 5) is 11.3. The van der Waals surface area contributed by atoms with E-state index in [1.807, 2.05) is 19.1 Å². The summed E-state index contributed by atoms with van der Waals surface area (Å²) >= 11 is 0. The van der Waals surface area contributed by atoms with Crippen LogP contribution >= 0.6 is 0 Å². The summed E-state index contributed by atoms with van der Waals surface area (Å²) in [6.45, 7) is 7.71. The van der Waals surface area contributed by atoms with Gasteiger partial charge in [0.25, 0.3) is 0 Å². The lowest BCUT2D eigenvalue weighted by Crippen LogP contribution is -2.02. The molecule has 0 aliphatic heterocycles. The highest BCUT2D eigenvalue weighted by Gasteiger charge is 2.07. The van der Waals surface area contributed by atoms with Gasteiger partial charge in [0.05, 0.1) is 12.2 Å². The standard InChI is InChI=1S/C13H16O2/c1-4-5-8-15-13-9-10(2)6-7-12(13)11(3)14/h4,6-7,9H,1,5,8H2,2-3H3. The minimum absolute atomic E-state index is 0.0311. The lowest BCUT2D eigenvalue weighted by Gasteiger charge is -2.09. The zero-order valence-electron chi connectivity index (χ0n) is 9.25. The van der Waals surface area contributed by atoms with Crippen molar-refractivity contribution >= 4 is 5.78 Å². The lowest BCUT2D eigenvalue weighted by molar-refractivity contribution is 0.101. The maximum atomic E-state index is 11.3. The minimum atomic E-state index is 0.0311. The van der Waals surface area contributed by atoms with Crippen molar-refractivity contribution in [2.75, 3.05) is 6.61 Å². The number of hydrogen-bond donors (Lipinski definition) is 0. The average Bonchev–Trinajstić information content (AvgIpc) is 2.18. The second-order valence-corrected chi connectivity index (χ2v) is 3.48. The predicted octanol–water partition coefficient (Wildman–Crippen LogP) is 3.15. The van der Waals surface area contributed by atoms with Crippen LogP contribution in [-0.2, 0) is 0 Å². The molecule has 15 heavy (non-hydrogen) atoms. The summed E-state index contributed by atoms with van der Waals surface area (Å²) in [5.74, 6) is 0.702. The zero-order valence-corrected chi connectivity index (χ0v) is 9.25. The van der Waals surface area contributed by atoms with Gasteiger partial charge in [0.15, 0.2) is 5.78 Å². The third-order valence-electron chi connectivity index (χ3n) is 2.10. The Morgan fingerprint density at radius 2 is 2.27 bits per heavy atom. The first-order chi connectivity index (χ1) is 7.15. The van der Waals surface area contributed by atoms with Gasteiger partial charge in [0.1, 0.15) is 5.75 Å². The first-order valence-corrected chi connectivity index (χ1v) is 5.00. The maximum absolute atomic E-state index is 11.3. The van der Waals surface area contributed by atoms with Gasteiger partial charge >= 0.3 is 0 Å². The van der Waals surface area contributed by atoms with Crippen LogP contribution in [0, 0.1) is 6.92 Å². The van der Waals surface area contributed by atoms with Crippen LogP contribution in [0.25, 0.3) is 0 Å². The number of hydrogen-bond acceptors (Lipinski definition) is 2. The number of Topliss-reactive ketones (excluding diaryl/α,β-unsaturated/α-hetero) is 1. The van der Waals surface area contributed by atoms with E-state index < -0.39 is 0 Å². The van der Waals surface area contributed by atoms with Gasteiger partial charge in [-0.25, -0.2) is 0 Å². The molecule has 2 nitrogen and oxygen atoms in total. The lowest BCUT2D eigenvalue weighted by atomic mass is 10.1. The Morgan fingerprint density at radius 3 is 2.87 bits per heavy atom. The molecule has 0 saturated carbocycles. The van der Waals surface area contributed by atoms with Gasteiger partial charge in [-0.05, 0) is 38.0 Å². The van der Waals surface area contributed by atoms with E-state index in [0.717, 1.165) is 12.0 Å². The Morgan fingerprint density at radius 1 is 1.53 bits per heavy atom. The highest BCUT2D eigenvalue weighted by atomic mass is 16.5. The fourth-order valence-electron chi connectivity index (χ4n) is 1.29. The number of ether oxygens (including phenoxy) is 1. The molecule has 0 amide bonds. The van der Waals surface area contributed by atoms with Gasteiger partial charge in [-0.1, -0.05) is 12.1 Å². The molecule has 80 valence electrons. The Hall–Kier alpha value is -1.57. The van der Waals surface area contributed by atoms with Crippen LogP contribution in [0.1, 0.15) is 29.3 Å². The average molecular weight is 204 g/mol. The molecule has 0 saturated heterocycles. The molecule has 1 aromatic rings. The number of rotatable bonds is 5. The molecule has 2 heteroatoms. The molecule has 0 unspecified atom stereocenters. The summed E-state index contributed by atoms with van der Waals surface area (Å²) in [6.07, 6.45) is 2.58. The molecule has 1 rings (SSSR count). The number of carbonyl (C=O) groups excluding carboxylic acids is 1. The number of carbonyl (C=O) groups is 1. The van der Waals surface area contributed by atoms with Crippen molar-refractivity contribution in [2.24, 2.45) is 0 Å². The highest BCUT2D eigenvalue weighted by Crippen LogP contribution is 2.20. The first kappa shape index (κ1) is 11.5. The Bertz CT molecular complexity index is 367. The van der Waals surface area contributed by atoms with E-state index in [1.54, 1.807) is 19.1 Å². The van der Waals surface area contributed by atoms with Gasteiger partial charge in [-0.2, -0.15) is 0 Å². The zero-order chi connectivity index (χ0) is 11.3. The van der Waals surface area contributed by atoms with E-state index in [9.17, 15) is 4.79 Å². The third kappa shape index (κ3) is 3.24. The molecular weight excluding hydrogens is 188 g/mol. The quantitative estimate of drug-likeness (QED) is 0.418. The van der Waals surface area contributed by atoms with Gasteiger partial charge in [0.2, 0.25) is 0 Å². The Balaban J connectivity index is 2.86. The summed E-state index contributed by atoms with van der Waals surface area (Å²) in [7, 11) is 0. The van der Waals surface area contributed by atoms with Crippen LogP contribution in [0.5, 0.6) is 5.75 Å². The fourth-order valence-corrected chi connectivity index (χ4v) is 1.29. The summed E-state index contributed by atoms with van der Waals surface area (Å²) < 4.78 is 5.53. The van der Waals surface area contributed by atoms with Crippen LogP contribution in [0.3, 0.4) is 0 Å². The summed E-state index contributed by atoms with van der Waals surface area (Å²) in [6, 6.07) is 5.61.